The molecule has 248 valence electrons. The Morgan fingerprint density at radius 2 is 0.917 bits per heavy atom. The quantitative estimate of drug-likeness (QED) is 0.141. The first-order valence-electron chi connectivity index (χ1n) is 13.9. The first-order valence-corrected chi connectivity index (χ1v) is 13.9. The lowest BCUT2D eigenvalue weighted by molar-refractivity contribution is -0.385. The zero-order chi connectivity index (χ0) is 34.4. The molecule has 4 aromatic rings. The van der Waals surface area contributed by atoms with Gasteiger partial charge in [0.25, 0.3) is 22.7 Å². The van der Waals surface area contributed by atoms with Gasteiger partial charge in [-0.1, -0.05) is 0 Å². The van der Waals surface area contributed by atoms with Crippen LogP contribution >= 0.6 is 0 Å². The summed E-state index contributed by atoms with van der Waals surface area (Å²) < 4.78 is 29.8. The van der Waals surface area contributed by atoms with Crippen molar-refractivity contribution in [3.05, 3.63) is 138 Å². The highest BCUT2D eigenvalue weighted by atomic mass is 16.7. The molecule has 0 radical (unpaired) electrons. The Hall–Kier alpha value is -6.40. The fourth-order valence-electron chi connectivity index (χ4n) is 4.68. The maximum Gasteiger partial charge on any atom is 0.269 e. The first kappa shape index (κ1) is 33.0. The van der Waals surface area contributed by atoms with Crippen molar-refractivity contribution >= 4 is 22.7 Å². The molecule has 0 bridgehead atoms. The third-order valence-electron chi connectivity index (χ3n) is 7.05. The second kappa shape index (κ2) is 13.9. The van der Waals surface area contributed by atoms with E-state index in [1.54, 1.807) is 0 Å². The van der Waals surface area contributed by atoms with Crippen molar-refractivity contribution in [2.24, 2.45) is 0 Å². The van der Waals surface area contributed by atoms with Crippen LogP contribution in [0.4, 0.5) is 22.7 Å². The molecule has 1 aliphatic rings. The molecule has 0 aliphatic carbocycles. The van der Waals surface area contributed by atoms with Gasteiger partial charge in [-0.2, -0.15) is 0 Å². The maximum absolute atomic E-state index is 11.9. The van der Waals surface area contributed by atoms with Crippen LogP contribution in [0.1, 0.15) is 0 Å². The summed E-state index contributed by atoms with van der Waals surface area (Å²) in [6.45, 7) is -0.925. The van der Waals surface area contributed by atoms with Crippen molar-refractivity contribution in [3.63, 3.8) is 0 Å². The van der Waals surface area contributed by atoms with Gasteiger partial charge in [0.05, 0.1) is 19.7 Å². The Morgan fingerprint density at radius 1 is 0.562 bits per heavy atom. The molecule has 4 aromatic carbocycles. The molecule has 1 aliphatic heterocycles. The number of benzene rings is 4. The molecular weight excluding hydrogens is 640 g/mol. The van der Waals surface area contributed by atoms with Crippen LogP contribution in [0.3, 0.4) is 0 Å². The highest BCUT2D eigenvalue weighted by molar-refractivity contribution is 5.39. The van der Waals surface area contributed by atoms with Gasteiger partial charge in [-0.15, -0.1) is 0 Å². The van der Waals surface area contributed by atoms with Crippen LogP contribution in [0.2, 0.25) is 0 Å². The van der Waals surface area contributed by atoms with Gasteiger partial charge in [-0.3, -0.25) is 40.5 Å². The molecule has 1 N–H and O–H groups in total. The van der Waals surface area contributed by atoms with Crippen LogP contribution in [0, 0.1) is 40.5 Å². The van der Waals surface area contributed by atoms with Crippen LogP contribution in [0.15, 0.2) is 97.1 Å². The molecule has 18 heteroatoms. The third-order valence-corrected chi connectivity index (χ3v) is 7.05. The van der Waals surface area contributed by atoms with Gasteiger partial charge in [0.15, 0.2) is 12.2 Å². The lowest BCUT2D eigenvalue weighted by Gasteiger charge is -2.30. The summed E-state index contributed by atoms with van der Waals surface area (Å²) >= 11 is 0. The monoisotopic (exact) mass is 664 g/mol. The summed E-state index contributed by atoms with van der Waals surface area (Å²) in [7, 11) is 0. The molecule has 4 atom stereocenters. The Labute approximate surface area is 269 Å². The van der Waals surface area contributed by atoms with Crippen LogP contribution in [0.5, 0.6) is 23.0 Å². The van der Waals surface area contributed by atoms with Crippen molar-refractivity contribution in [2.75, 3.05) is 13.2 Å². The number of non-ortho nitro benzene ring substituents is 4. The van der Waals surface area contributed by atoms with Gasteiger partial charge < -0.3 is 28.8 Å². The number of nitrogens with zero attached hydrogens (tertiary/aromatic N) is 4. The largest absolute Gasteiger partial charge is 0.491 e. The summed E-state index contributed by atoms with van der Waals surface area (Å²) in [6, 6.07) is 20.1. The molecule has 0 aromatic heterocycles. The van der Waals surface area contributed by atoms with Crippen LogP contribution in [0.25, 0.3) is 0 Å². The Kier molecular flexibility index (Phi) is 9.57. The molecule has 0 unspecified atom stereocenters. The zero-order valence-electron chi connectivity index (χ0n) is 24.4. The molecule has 1 heterocycles. The predicted octanol–water partition coefficient (Wildman–Crippen LogP) is 4.76. The summed E-state index contributed by atoms with van der Waals surface area (Å²) in [5.41, 5.74) is -0.810. The topological polar surface area (TPSA) is 239 Å². The standard InChI is InChI=1S/C30H24N4O14/c35-30(18-45-24-11-3-20(4-12-24)32(38)39)29(47-26-15-7-22(8-16-26)34(42)43)28(46-25-13-5-21(6-14-25)33(40)41)27(48-30)17-44-23-9-1-19(2-10-23)31(36)37/h1-16,27-29,35H,17-18H2/t27-,28-,29+,30-/m1/s1. The normalized spacial score (nSPS) is 20.0. The van der Waals surface area contributed by atoms with Crippen molar-refractivity contribution in [1.29, 1.82) is 0 Å². The van der Waals surface area contributed by atoms with Gasteiger partial charge in [-0.25, -0.2) is 0 Å². The van der Waals surface area contributed by atoms with E-state index in [0.717, 1.165) is 0 Å². The number of nitro groups is 4. The van der Waals surface area contributed by atoms with Gasteiger partial charge in [0.1, 0.15) is 42.3 Å². The van der Waals surface area contributed by atoms with Gasteiger partial charge >= 0.3 is 0 Å². The minimum Gasteiger partial charge on any atom is -0.491 e. The highest BCUT2D eigenvalue weighted by Crippen LogP contribution is 2.37. The molecule has 0 spiro atoms. The second-order valence-electron chi connectivity index (χ2n) is 10.2. The van der Waals surface area contributed by atoms with Gasteiger partial charge in [-0.05, 0) is 48.5 Å². The molecular formula is C30H24N4O14. The SMILES string of the molecule is O=[N+]([O-])c1ccc(OC[C@H]2O[C@](O)(COc3ccc([N+](=O)[O-])cc3)[C@@H](Oc3ccc([N+](=O)[O-])cc3)[C@@H]2Oc2ccc([N+](=O)[O-])cc2)cc1. The Morgan fingerprint density at radius 3 is 1.31 bits per heavy atom. The van der Waals surface area contributed by atoms with E-state index in [1.807, 2.05) is 0 Å². The lowest BCUT2D eigenvalue weighted by atomic mass is 10.0. The summed E-state index contributed by atoms with van der Waals surface area (Å²) in [4.78, 5) is 42.1. The Bertz CT molecular complexity index is 1790. The lowest BCUT2D eigenvalue weighted by Crippen LogP contribution is -2.52. The van der Waals surface area contributed by atoms with E-state index in [2.05, 4.69) is 0 Å². The molecule has 1 saturated heterocycles. The molecule has 0 amide bonds. The van der Waals surface area contributed by atoms with Crippen molar-refractivity contribution in [2.45, 2.75) is 24.1 Å². The van der Waals surface area contributed by atoms with E-state index >= 15 is 0 Å². The average molecular weight is 665 g/mol. The van der Waals surface area contributed by atoms with E-state index in [4.69, 9.17) is 23.7 Å². The maximum atomic E-state index is 11.9. The third kappa shape index (κ3) is 7.69. The van der Waals surface area contributed by atoms with E-state index in [-0.39, 0.29) is 52.4 Å². The number of rotatable bonds is 14. The number of aliphatic hydroxyl groups is 1. The van der Waals surface area contributed by atoms with E-state index in [0.29, 0.717) is 0 Å². The van der Waals surface area contributed by atoms with Crippen LogP contribution in [-0.2, 0) is 4.74 Å². The molecule has 5 rings (SSSR count). The fraction of sp³-hybridized carbons (Fsp3) is 0.200. The average Bonchev–Trinajstić information content (AvgIpc) is 3.33. The van der Waals surface area contributed by atoms with Crippen molar-refractivity contribution in [1.82, 2.24) is 0 Å². The number of hydrogen-bond acceptors (Lipinski definition) is 14. The van der Waals surface area contributed by atoms with Gasteiger partial charge in [0.2, 0.25) is 5.79 Å². The van der Waals surface area contributed by atoms with Gasteiger partial charge in [0, 0.05) is 48.5 Å². The molecule has 18 nitrogen and oxygen atoms in total. The summed E-state index contributed by atoms with van der Waals surface area (Å²) in [6.07, 6.45) is -3.83. The number of ether oxygens (including phenoxy) is 5. The minimum atomic E-state index is -2.32. The van der Waals surface area contributed by atoms with Crippen LogP contribution in [-0.4, -0.2) is 62.1 Å². The molecule has 48 heavy (non-hydrogen) atoms. The van der Waals surface area contributed by atoms with Crippen molar-refractivity contribution < 1.29 is 48.5 Å². The van der Waals surface area contributed by atoms with E-state index < -0.39 is 50.4 Å². The smallest absolute Gasteiger partial charge is 0.269 e. The predicted molar refractivity (Wildman–Crippen MR) is 162 cm³/mol. The fourth-order valence-corrected chi connectivity index (χ4v) is 4.68. The molecule has 0 saturated carbocycles. The number of hydrogen-bond donors (Lipinski definition) is 1. The number of nitro benzene ring substituents is 4. The highest BCUT2D eigenvalue weighted by Gasteiger charge is 2.59. The minimum absolute atomic E-state index is 0.0668. The van der Waals surface area contributed by atoms with Crippen LogP contribution < -0.4 is 18.9 Å². The summed E-state index contributed by atoms with van der Waals surface area (Å²) in [5, 5.41) is 56.4. The van der Waals surface area contributed by atoms with Crippen molar-refractivity contribution in [3.8, 4) is 23.0 Å². The van der Waals surface area contributed by atoms with E-state index in [1.165, 1.54) is 97.1 Å². The molecule has 1 fully saturated rings. The van der Waals surface area contributed by atoms with E-state index in [9.17, 15) is 45.6 Å². The zero-order valence-corrected chi connectivity index (χ0v) is 24.4. The Balaban J connectivity index is 1.47. The summed E-state index contributed by atoms with van der Waals surface area (Å²) in [5.74, 6) is -1.79. The first-order chi connectivity index (χ1) is 22.9. The second-order valence-corrected chi connectivity index (χ2v) is 10.2.